The summed E-state index contributed by atoms with van der Waals surface area (Å²) in [6.07, 6.45) is -0.225. The van der Waals surface area contributed by atoms with E-state index in [4.69, 9.17) is 9.47 Å². The first kappa shape index (κ1) is 15.7. The van der Waals surface area contributed by atoms with E-state index in [-0.39, 0.29) is 18.8 Å². The molecule has 0 aliphatic carbocycles. The van der Waals surface area contributed by atoms with E-state index in [1.54, 1.807) is 0 Å². The molecule has 1 aliphatic heterocycles. The van der Waals surface area contributed by atoms with Crippen LogP contribution < -0.4 is 15.0 Å². The van der Waals surface area contributed by atoms with Crippen molar-refractivity contribution in [2.24, 2.45) is 0 Å². The first-order chi connectivity index (χ1) is 10.1. The first-order valence-electron chi connectivity index (χ1n) is 7.26. The lowest BCUT2D eigenvalue weighted by molar-refractivity contribution is 0.00309. The fourth-order valence-electron chi connectivity index (χ4n) is 2.00. The van der Waals surface area contributed by atoms with Gasteiger partial charge in [-0.05, 0) is 20.8 Å². The molecule has 0 spiro atoms. The summed E-state index contributed by atoms with van der Waals surface area (Å²) < 4.78 is 11.0. The van der Waals surface area contributed by atoms with Gasteiger partial charge in [0.05, 0.1) is 25.4 Å². The fourth-order valence-corrected chi connectivity index (χ4v) is 2.00. The molecule has 8 nitrogen and oxygen atoms in total. The van der Waals surface area contributed by atoms with E-state index in [1.807, 2.05) is 25.7 Å². The molecular formula is C13H23N5O3. The van der Waals surface area contributed by atoms with Gasteiger partial charge in [-0.3, -0.25) is 0 Å². The van der Waals surface area contributed by atoms with Crippen LogP contribution in [0.4, 0.5) is 11.9 Å². The van der Waals surface area contributed by atoms with E-state index in [0.717, 1.165) is 0 Å². The smallest absolute Gasteiger partial charge is 0.323 e. The van der Waals surface area contributed by atoms with Crippen molar-refractivity contribution in [3.05, 3.63) is 0 Å². The van der Waals surface area contributed by atoms with Crippen LogP contribution in [0.5, 0.6) is 6.01 Å². The lowest BCUT2D eigenvalue weighted by Crippen LogP contribution is -2.45. The number of rotatable bonds is 6. The number of hydrogen-bond donors (Lipinski definition) is 2. The van der Waals surface area contributed by atoms with Crippen molar-refractivity contribution in [1.29, 1.82) is 0 Å². The van der Waals surface area contributed by atoms with Gasteiger partial charge < -0.3 is 24.8 Å². The molecule has 1 aliphatic rings. The third-order valence-electron chi connectivity index (χ3n) is 2.90. The zero-order chi connectivity index (χ0) is 15.2. The molecule has 1 aromatic rings. The Morgan fingerprint density at radius 1 is 1.43 bits per heavy atom. The number of aliphatic hydroxyl groups excluding tert-OH is 1. The number of nitrogens with zero attached hydrogens (tertiary/aromatic N) is 4. The summed E-state index contributed by atoms with van der Waals surface area (Å²) in [7, 11) is 0. The van der Waals surface area contributed by atoms with Crippen molar-refractivity contribution in [3.8, 4) is 6.01 Å². The van der Waals surface area contributed by atoms with Gasteiger partial charge in [0, 0.05) is 19.6 Å². The van der Waals surface area contributed by atoms with Gasteiger partial charge in [-0.2, -0.15) is 15.0 Å². The number of ether oxygens (including phenoxy) is 2. The van der Waals surface area contributed by atoms with Gasteiger partial charge in [-0.1, -0.05) is 0 Å². The fraction of sp³-hybridized carbons (Fsp3) is 0.769. The quantitative estimate of drug-likeness (QED) is 0.774. The first-order valence-corrected chi connectivity index (χ1v) is 7.26. The number of hydrogen-bond acceptors (Lipinski definition) is 8. The minimum atomic E-state index is -0.215. The topological polar surface area (TPSA) is 92.6 Å². The summed E-state index contributed by atoms with van der Waals surface area (Å²) in [4.78, 5) is 15.0. The molecule has 0 saturated carbocycles. The minimum Gasteiger partial charge on any atom is -0.461 e. The van der Waals surface area contributed by atoms with Gasteiger partial charge in [0.25, 0.3) is 0 Å². The Balaban J connectivity index is 2.21. The molecular weight excluding hydrogens is 274 g/mol. The summed E-state index contributed by atoms with van der Waals surface area (Å²) in [5, 5.41) is 12.3. The molecule has 2 rings (SSSR count). The van der Waals surface area contributed by atoms with E-state index < -0.39 is 0 Å². The predicted octanol–water partition coefficient (Wildman–Crippen LogP) is 0.288. The average molecular weight is 297 g/mol. The monoisotopic (exact) mass is 297 g/mol. The number of anilines is 2. The molecule has 0 amide bonds. The maximum absolute atomic E-state index is 9.23. The Labute approximate surface area is 124 Å². The average Bonchev–Trinajstić information content (AvgIpc) is 2.46. The molecule has 1 fully saturated rings. The Hall–Kier alpha value is -1.67. The maximum Gasteiger partial charge on any atom is 0.323 e. The SMILES string of the molecule is CCNc1nc(OC(C)C)nc(N2CCOC(CO)C2)n1. The molecule has 2 heterocycles. The molecule has 0 aromatic carbocycles. The zero-order valence-electron chi connectivity index (χ0n) is 12.7. The highest BCUT2D eigenvalue weighted by molar-refractivity contribution is 5.39. The van der Waals surface area contributed by atoms with Crippen LogP contribution in [0.15, 0.2) is 0 Å². The van der Waals surface area contributed by atoms with Gasteiger partial charge in [-0.15, -0.1) is 0 Å². The third kappa shape index (κ3) is 4.40. The van der Waals surface area contributed by atoms with Crippen molar-refractivity contribution in [3.63, 3.8) is 0 Å². The highest BCUT2D eigenvalue weighted by atomic mass is 16.5. The van der Waals surface area contributed by atoms with Crippen molar-refractivity contribution in [1.82, 2.24) is 15.0 Å². The van der Waals surface area contributed by atoms with Crippen LogP contribution in [0, 0.1) is 0 Å². The van der Waals surface area contributed by atoms with Crippen LogP contribution >= 0.6 is 0 Å². The standard InChI is InChI=1S/C13H23N5O3/c1-4-14-11-15-12(17-13(16-11)21-9(2)3)18-5-6-20-10(7-18)8-19/h9-10,19H,4-8H2,1-3H3,(H,14,15,16,17). The Kier molecular flexibility index (Phi) is 5.51. The van der Waals surface area contributed by atoms with Crippen molar-refractivity contribution < 1.29 is 14.6 Å². The summed E-state index contributed by atoms with van der Waals surface area (Å²) in [5.74, 6) is 1.03. The number of aliphatic hydroxyl groups is 1. The predicted molar refractivity (Wildman–Crippen MR) is 78.8 cm³/mol. The van der Waals surface area contributed by atoms with Crippen molar-refractivity contribution in [2.45, 2.75) is 33.0 Å². The summed E-state index contributed by atoms with van der Waals surface area (Å²) >= 11 is 0. The summed E-state index contributed by atoms with van der Waals surface area (Å²) in [5.41, 5.74) is 0. The van der Waals surface area contributed by atoms with Crippen LogP contribution in [0.25, 0.3) is 0 Å². The van der Waals surface area contributed by atoms with E-state index >= 15 is 0 Å². The second-order valence-electron chi connectivity index (χ2n) is 5.06. The van der Waals surface area contributed by atoms with Gasteiger partial charge in [-0.25, -0.2) is 0 Å². The second kappa shape index (κ2) is 7.37. The van der Waals surface area contributed by atoms with Crippen LogP contribution in [0.1, 0.15) is 20.8 Å². The maximum atomic E-state index is 9.23. The highest BCUT2D eigenvalue weighted by Gasteiger charge is 2.23. The van der Waals surface area contributed by atoms with Crippen LogP contribution in [-0.4, -0.2) is 65.1 Å². The van der Waals surface area contributed by atoms with Crippen LogP contribution in [-0.2, 0) is 4.74 Å². The van der Waals surface area contributed by atoms with Gasteiger partial charge in [0.2, 0.25) is 11.9 Å². The zero-order valence-corrected chi connectivity index (χ0v) is 12.7. The van der Waals surface area contributed by atoms with Crippen LogP contribution in [0.2, 0.25) is 0 Å². The normalized spacial score (nSPS) is 18.9. The molecule has 1 saturated heterocycles. The van der Waals surface area contributed by atoms with Gasteiger partial charge in [0.15, 0.2) is 0 Å². The molecule has 21 heavy (non-hydrogen) atoms. The minimum absolute atomic E-state index is 0.00962. The Bertz CT molecular complexity index is 457. The molecule has 118 valence electrons. The number of nitrogens with one attached hydrogen (secondary N) is 1. The summed E-state index contributed by atoms with van der Waals surface area (Å²) in [6.45, 7) is 8.28. The van der Waals surface area contributed by atoms with Gasteiger partial charge >= 0.3 is 6.01 Å². The molecule has 2 N–H and O–H groups in total. The van der Waals surface area contributed by atoms with E-state index in [2.05, 4.69) is 20.3 Å². The van der Waals surface area contributed by atoms with E-state index in [1.165, 1.54) is 0 Å². The lowest BCUT2D eigenvalue weighted by atomic mass is 10.3. The van der Waals surface area contributed by atoms with E-state index in [0.29, 0.717) is 44.1 Å². The van der Waals surface area contributed by atoms with Crippen molar-refractivity contribution in [2.75, 3.05) is 43.1 Å². The molecule has 1 unspecified atom stereocenters. The van der Waals surface area contributed by atoms with Gasteiger partial charge in [0.1, 0.15) is 0 Å². The molecule has 8 heteroatoms. The molecule has 1 aromatic heterocycles. The Morgan fingerprint density at radius 2 is 2.24 bits per heavy atom. The van der Waals surface area contributed by atoms with Crippen LogP contribution in [0.3, 0.4) is 0 Å². The van der Waals surface area contributed by atoms with E-state index in [9.17, 15) is 5.11 Å². The number of morpholine rings is 1. The molecule has 0 radical (unpaired) electrons. The summed E-state index contributed by atoms with van der Waals surface area (Å²) in [6, 6.07) is 0.304. The molecule has 1 atom stereocenters. The highest BCUT2D eigenvalue weighted by Crippen LogP contribution is 2.18. The lowest BCUT2D eigenvalue weighted by Gasteiger charge is -2.32. The molecule has 0 bridgehead atoms. The third-order valence-corrected chi connectivity index (χ3v) is 2.90. The Morgan fingerprint density at radius 3 is 2.90 bits per heavy atom. The van der Waals surface area contributed by atoms with Crippen molar-refractivity contribution >= 4 is 11.9 Å². The number of aromatic nitrogens is 3. The second-order valence-corrected chi connectivity index (χ2v) is 5.06. The largest absolute Gasteiger partial charge is 0.461 e.